The highest BCUT2D eigenvalue weighted by Crippen LogP contribution is 2.32. The van der Waals surface area contributed by atoms with E-state index in [-0.39, 0.29) is 30.3 Å². The summed E-state index contributed by atoms with van der Waals surface area (Å²) in [6, 6.07) is 1.61. The molecule has 1 aromatic rings. The summed E-state index contributed by atoms with van der Waals surface area (Å²) in [5.41, 5.74) is -0.335. The average molecular weight is 295 g/mol. The Balaban J connectivity index is 2.11. The maximum Gasteiger partial charge on any atom is 0.326 e. The summed E-state index contributed by atoms with van der Waals surface area (Å²) < 4.78 is 5.98. The number of hydrogen-bond acceptors (Lipinski definition) is 5. The first kappa shape index (κ1) is 15.2. The Kier molecular flexibility index (Phi) is 4.69. The van der Waals surface area contributed by atoms with Gasteiger partial charge in [0.05, 0.1) is 13.2 Å². The third-order valence-corrected chi connectivity index (χ3v) is 3.25. The molecule has 1 unspecified atom stereocenters. The predicted molar refractivity (Wildman–Crippen MR) is 72.0 cm³/mol. The van der Waals surface area contributed by atoms with E-state index in [1.54, 1.807) is 0 Å². The Morgan fingerprint density at radius 3 is 2.81 bits per heavy atom. The van der Waals surface area contributed by atoms with Crippen LogP contribution >= 0.6 is 0 Å². The molecule has 0 radical (unpaired) electrons. The van der Waals surface area contributed by atoms with Crippen LogP contribution in [0, 0.1) is 5.92 Å². The molecule has 0 spiro atoms. The van der Waals surface area contributed by atoms with Gasteiger partial charge in [0.15, 0.2) is 0 Å². The van der Waals surface area contributed by atoms with Gasteiger partial charge in [0.1, 0.15) is 11.7 Å². The molecule has 1 aliphatic rings. The molecular formula is C13H17N3O5. The molecule has 21 heavy (non-hydrogen) atoms. The Hall–Kier alpha value is -2.22. The molecule has 0 bridgehead atoms. The van der Waals surface area contributed by atoms with Gasteiger partial charge < -0.3 is 15.2 Å². The second kappa shape index (κ2) is 6.49. The molecule has 0 aliphatic heterocycles. The second-order valence-corrected chi connectivity index (χ2v) is 4.90. The number of ether oxygens (including phenoxy) is 1. The van der Waals surface area contributed by atoms with Crippen molar-refractivity contribution in [2.45, 2.75) is 25.4 Å². The normalized spacial score (nSPS) is 15.5. The predicted octanol–water partition coefficient (Wildman–Crippen LogP) is -0.517. The lowest BCUT2D eigenvalue weighted by Crippen LogP contribution is -2.43. The first-order chi connectivity index (χ1) is 10.0. The SMILES string of the molecule is COCCn1nc(C(=O)NC(C(=O)O)C2CC2)ccc1=O. The van der Waals surface area contributed by atoms with Crippen molar-refractivity contribution in [3.8, 4) is 0 Å². The molecule has 1 aromatic heterocycles. The maximum absolute atomic E-state index is 12.0. The van der Waals surface area contributed by atoms with Crippen molar-refractivity contribution in [1.82, 2.24) is 15.1 Å². The zero-order chi connectivity index (χ0) is 15.4. The van der Waals surface area contributed by atoms with Crippen LogP contribution in [0.4, 0.5) is 0 Å². The van der Waals surface area contributed by atoms with Crippen molar-refractivity contribution < 1.29 is 19.4 Å². The molecule has 1 saturated carbocycles. The van der Waals surface area contributed by atoms with E-state index in [2.05, 4.69) is 10.4 Å². The van der Waals surface area contributed by atoms with Crippen molar-refractivity contribution in [3.05, 3.63) is 28.2 Å². The van der Waals surface area contributed by atoms with E-state index in [4.69, 9.17) is 9.84 Å². The summed E-state index contributed by atoms with van der Waals surface area (Å²) >= 11 is 0. The number of rotatable bonds is 7. The zero-order valence-electron chi connectivity index (χ0n) is 11.6. The third-order valence-electron chi connectivity index (χ3n) is 3.25. The van der Waals surface area contributed by atoms with Gasteiger partial charge in [-0.15, -0.1) is 0 Å². The molecule has 1 fully saturated rings. The Labute approximate surface area is 120 Å². The number of methoxy groups -OCH3 is 1. The summed E-state index contributed by atoms with van der Waals surface area (Å²) in [4.78, 5) is 34.7. The number of amides is 1. The number of hydrogen-bond donors (Lipinski definition) is 2. The minimum atomic E-state index is -1.06. The molecule has 0 aromatic carbocycles. The Bertz CT molecular complexity index is 594. The molecular weight excluding hydrogens is 278 g/mol. The van der Waals surface area contributed by atoms with Crippen molar-refractivity contribution in [2.24, 2.45) is 5.92 Å². The summed E-state index contributed by atoms with van der Waals surface area (Å²) in [5, 5.41) is 15.5. The van der Waals surface area contributed by atoms with Crippen molar-refractivity contribution in [2.75, 3.05) is 13.7 Å². The fourth-order valence-corrected chi connectivity index (χ4v) is 1.93. The molecule has 1 atom stereocenters. The molecule has 1 aliphatic carbocycles. The topological polar surface area (TPSA) is 111 Å². The van der Waals surface area contributed by atoms with Gasteiger partial charge >= 0.3 is 5.97 Å². The standard InChI is InChI=1S/C13H17N3O5/c1-21-7-6-16-10(17)5-4-9(15-16)12(18)14-11(13(19)20)8-2-3-8/h4-5,8,11H,2-3,6-7H2,1H3,(H,14,18)(H,19,20). The van der Waals surface area contributed by atoms with Gasteiger partial charge in [0.25, 0.3) is 11.5 Å². The highest BCUT2D eigenvalue weighted by atomic mass is 16.5. The largest absolute Gasteiger partial charge is 0.480 e. The smallest absolute Gasteiger partial charge is 0.326 e. The number of carboxylic acid groups (broad SMARTS) is 1. The first-order valence-corrected chi connectivity index (χ1v) is 6.63. The average Bonchev–Trinajstić information content (AvgIpc) is 3.27. The third kappa shape index (κ3) is 3.88. The summed E-state index contributed by atoms with van der Waals surface area (Å²) in [6.07, 6.45) is 1.58. The van der Waals surface area contributed by atoms with Gasteiger partial charge in [0.2, 0.25) is 0 Å². The number of carboxylic acids is 1. The number of aromatic nitrogens is 2. The van der Waals surface area contributed by atoms with E-state index in [1.165, 1.54) is 19.2 Å². The van der Waals surface area contributed by atoms with Gasteiger partial charge in [-0.25, -0.2) is 9.48 Å². The number of nitrogens with one attached hydrogen (secondary N) is 1. The monoisotopic (exact) mass is 295 g/mol. The molecule has 1 heterocycles. The van der Waals surface area contributed by atoms with E-state index >= 15 is 0 Å². The molecule has 2 N–H and O–H groups in total. The van der Waals surface area contributed by atoms with Gasteiger partial charge in [-0.3, -0.25) is 9.59 Å². The highest BCUT2D eigenvalue weighted by Gasteiger charge is 2.37. The second-order valence-electron chi connectivity index (χ2n) is 4.90. The zero-order valence-corrected chi connectivity index (χ0v) is 11.6. The molecule has 1 amide bonds. The van der Waals surface area contributed by atoms with Crippen LogP contribution in [0.15, 0.2) is 16.9 Å². The van der Waals surface area contributed by atoms with Gasteiger partial charge in [-0.1, -0.05) is 0 Å². The first-order valence-electron chi connectivity index (χ1n) is 6.63. The number of carbonyl (C=O) groups is 2. The number of carbonyl (C=O) groups excluding carboxylic acids is 1. The van der Waals surface area contributed by atoms with Crippen LogP contribution in [0.3, 0.4) is 0 Å². The summed E-state index contributed by atoms with van der Waals surface area (Å²) in [5.74, 6) is -1.68. The van der Waals surface area contributed by atoms with Crippen LogP contribution in [0.1, 0.15) is 23.3 Å². The fraction of sp³-hybridized carbons (Fsp3) is 0.538. The van der Waals surface area contributed by atoms with Gasteiger partial charge in [0, 0.05) is 13.2 Å². The van der Waals surface area contributed by atoms with E-state index in [1.807, 2.05) is 0 Å². The van der Waals surface area contributed by atoms with Crippen LogP contribution in [-0.4, -0.2) is 46.5 Å². The minimum absolute atomic E-state index is 0.0117. The molecule has 0 saturated heterocycles. The number of aliphatic carboxylic acids is 1. The van der Waals surface area contributed by atoms with Gasteiger partial charge in [-0.05, 0) is 24.8 Å². The summed E-state index contributed by atoms with van der Waals surface area (Å²) in [7, 11) is 1.49. The molecule has 114 valence electrons. The van der Waals surface area contributed by atoms with Gasteiger partial charge in [-0.2, -0.15) is 5.10 Å². The Morgan fingerprint density at radius 2 is 2.24 bits per heavy atom. The lowest BCUT2D eigenvalue weighted by atomic mass is 10.2. The van der Waals surface area contributed by atoms with E-state index in [0.717, 1.165) is 17.5 Å². The number of nitrogens with zero attached hydrogens (tertiary/aromatic N) is 2. The van der Waals surface area contributed by atoms with E-state index in [0.29, 0.717) is 0 Å². The fourth-order valence-electron chi connectivity index (χ4n) is 1.93. The summed E-state index contributed by atoms with van der Waals surface area (Å²) in [6.45, 7) is 0.513. The maximum atomic E-state index is 12.0. The molecule has 2 rings (SSSR count). The quantitative estimate of drug-likeness (QED) is 0.700. The van der Waals surface area contributed by atoms with Crippen molar-refractivity contribution >= 4 is 11.9 Å². The molecule has 8 nitrogen and oxygen atoms in total. The van der Waals surface area contributed by atoms with Crippen molar-refractivity contribution in [1.29, 1.82) is 0 Å². The van der Waals surface area contributed by atoms with Crippen LogP contribution in [0.5, 0.6) is 0 Å². The van der Waals surface area contributed by atoms with Crippen LogP contribution in [0.2, 0.25) is 0 Å². The van der Waals surface area contributed by atoms with E-state index < -0.39 is 17.9 Å². The minimum Gasteiger partial charge on any atom is -0.480 e. The Morgan fingerprint density at radius 1 is 1.52 bits per heavy atom. The van der Waals surface area contributed by atoms with E-state index in [9.17, 15) is 14.4 Å². The highest BCUT2D eigenvalue weighted by molar-refractivity contribution is 5.94. The van der Waals surface area contributed by atoms with Crippen LogP contribution in [0.25, 0.3) is 0 Å². The van der Waals surface area contributed by atoms with Crippen molar-refractivity contribution in [3.63, 3.8) is 0 Å². The molecule has 8 heteroatoms. The van der Waals surface area contributed by atoms with Crippen LogP contribution in [-0.2, 0) is 16.1 Å². The lowest BCUT2D eigenvalue weighted by Gasteiger charge is -2.13. The van der Waals surface area contributed by atoms with Crippen LogP contribution < -0.4 is 10.9 Å². The lowest BCUT2D eigenvalue weighted by molar-refractivity contribution is -0.139.